The Bertz CT molecular complexity index is 1100. The highest BCUT2D eigenvalue weighted by molar-refractivity contribution is 6.32. The molecule has 0 amide bonds. The summed E-state index contributed by atoms with van der Waals surface area (Å²) in [6.45, 7) is 0.506. The van der Waals surface area contributed by atoms with Crippen LogP contribution in [-0.4, -0.2) is 30.6 Å². The van der Waals surface area contributed by atoms with Crippen molar-refractivity contribution >= 4 is 46.5 Å². The van der Waals surface area contributed by atoms with Crippen molar-refractivity contribution in [2.24, 2.45) is 0 Å². The Morgan fingerprint density at radius 1 is 0.828 bits per heavy atom. The number of nitrogens with zero attached hydrogens (tertiary/aromatic N) is 1. The Labute approximate surface area is 186 Å². The first-order chi connectivity index (χ1) is 13.8. The summed E-state index contributed by atoms with van der Waals surface area (Å²) in [6, 6.07) is 17.4. The summed E-state index contributed by atoms with van der Waals surface area (Å²) in [5.41, 5.74) is 6.97. The van der Waals surface area contributed by atoms with Gasteiger partial charge >= 0.3 is 0 Å². The van der Waals surface area contributed by atoms with Gasteiger partial charge in [0.2, 0.25) is 0 Å². The molecule has 1 atom stereocenters. The predicted molar refractivity (Wildman–Crippen MR) is 124 cm³/mol. The van der Waals surface area contributed by atoms with Gasteiger partial charge in [-0.05, 0) is 95.5 Å². The predicted octanol–water partition coefficient (Wildman–Crippen LogP) is 6.81. The number of aliphatic hydroxyl groups excluding tert-OH is 1. The third-order valence-electron chi connectivity index (χ3n) is 5.04. The standard InChI is InChI=1S/C24H20Cl3NO/c1-28(2)13-23(29)22-12-17(27)11-21-19(9-14-3-5-15(25)6-4-14)20-10-16(26)7-8-18(20)24(21)22/h3-12,23,29H,13H2,1-2H3/b19-9-. The van der Waals surface area contributed by atoms with Crippen LogP contribution >= 0.6 is 34.8 Å². The number of benzene rings is 3. The van der Waals surface area contributed by atoms with E-state index >= 15 is 0 Å². The van der Waals surface area contributed by atoms with Gasteiger partial charge in [-0.15, -0.1) is 0 Å². The van der Waals surface area contributed by atoms with Crippen molar-refractivity contribution in [3.05, 3.63) is 91.9 Å². The van der Waals surface area contributed by atoms with E-state index in [1.807, 2.05) is 73.6 Å². The van der Waals surface area contributed by atoms with Crippen LogP contribution < -0.4 is 0 Å². The minimum Gasteiger partial charge on any atom is -0.387 e. The molecule has 29 heavy (non-hydrogen) atoms. The largest absolute Gasteiger partial charge is 0.387 e. The minimum atomic E-state index is -0.657. The van der Waals surface area contributed by atoms with Gasteiger partial charge in [0.1, 0.15) is 0 Å². The van der Waals surface area contributed by atoms with Crippen LogP contribution in [0.5, 0.6) is 0 Å². The summed E-state index contributed by atoms with van der Waals surface area (Å²) >= 11 is 18.8. The van der Waals surface area contributed by atoms with E-state index in [-0.39, 0.29) is 0 Å². The van der Waals surface area contributed by atoms with Crippen LogP contribution in [0.2, 0.25) is 15.1 Å². The number of aliphatic hydroxyl groups is 1. The van der Waals surface area contributed by atoms with Crippen molar-refractivity contribution in [3.63, 3.8) is 0 Å². The zero-order valence-corrected chi connectivity index (χ0v) is 18.4. The summed E-state index contributed by atoms with van der Waals surface area (Å²) in [5, 5.41) is 12.9. The lowest BCUT2D eigenvalue weighted by atomic mass is 9.95. The number of hydrogen-bond acceptors (Lipinski definition) is 2. The van der Waals surface area contributed by atoms with Crippen LogP contribution in [0.4, 0.5) is 0 Å². The van der Waals surface area contributed by atoms with Crippen LogP contribution in [0.3, 0.4) is 0 Å². The van der Waals surface area contributed by atoms with Crippen molar-refractivity contribution in [3.8, 4) is 11.1 Å². The molecule has 0 saturated carbocycles. The van der Waals surface area contributed by atoms with Gasteiger partial charge in [0.15, 0.2) is 0 Å². The van der Waals surface area contributed by atoms with Crippen molar-refractivity contribution in [2.75, 3.05) is 20.6 Å². The van der Waals surface area contributed by atoms with Gasteiger partial charge in [-0.1, -0.05) is 53.0 Å². The molecular formula is C24H20Cl3NO. The second-order valence-corrected chi connectivity index (χ2v) is 8.80. The van der Waals surface area contributed by atoms with E-state index in [1.54, 1.807) is 0 Å². The number of hydrogen-bond donors (Lipinski definition) is 1. The van der Waals surface area contributed by atoms with Crippen molar-refractivity contribution in [1.29, 1.82) is 0 Å². The third-order valence-corrected chi connectivity index (χ3v) is 5.75. The molecule has 148 valence electrons. The van der Waals surface area contributed by atoms with E-state index in [4.69, 9.17) is 34.8 Å². The molecule has 0 heterocycles. The Kier molecular flexibility index (Phi) is 5.74. The molecule has 0 saturated heterocycles. The van der Waals surface area contributed by atoms with Gasteiger partial charge in [0, 0.05) is 21.6 Å². The fourth-order valence-corrected chi connectivity index (χ4v) is 4.36. The SMILES string of the molecule is CN(C)CC(O)c1cc(Cl)cc2c1-c1ccc(Cl)cc1/C2=C/c1ccc(Cl)cc1. The first kappa shape index (κ1) is 20.5. The summed E-state index contributed by atoms with van der Waals surface area (Å²) in [6.07, 6.45) is 1.45. The molecule has 0 radical (unpaired) electrons. The molecule has 3 aromatic carbocycles. The van der Waals surface area contributed by atoms with E-state index < -0.39 is 6.10 Å². The molecule has 0 spiro atoms. The molecule has 0 bridgehead atoms. The van der Waals surface area contributed by atoms with Gasteiger partial charge in [0.05, 0.1) is 6.10 Å². The number of halogens is 3. The monoisotopic (exact) mass is 443 g/mol. The van der Waals surface area contributed by atoms with Crippen molar-refractivity contribution in [2.45, 2.75) is 6.10 Å². The van der Waals surface area contributed by atoms with E-state index in [0.29, 0.717) is 21.6 Å². The normalized spacial score (nSPS) is 14.9. The molecular weight excluding hydrogens is 425 g/mol. The fraction of sp³-hybridized carbons (Fsp3) is 0.167. The maximum absolute atomic E-state index is 10.9. The van der Waals surface area contributed by atoms with Gasteiger partial charge in [-0.25, -0.2) is 0 Å². The maximum Gasteiger partial charge on any atom is 0.0923 e. The van der Waals surface area contributed by atoms with E-state index in [2.05, 4.69) is 6.08 Å². The number of fused-ring (bicyclic) bond motifs is 3. The van der Waals surface area contributed by atoms with Gasteiger partial charge in [-0.2, -0.15) is 0 Å². The van der Waals surface area contributed by atoms with Crippen LogP contribution in [-0.2, 0) is 0 Å². The zero-order chi connectivity index (χ0) is 20.7. The molecule has 5 heteroatoms. The van der Waals surface area contributed by atoms with E-state index in [1.165, 1.54) is 0 Å². The molecule has 1 N–H and O–H groups in total. The van der Waals surface area contributed by atoms with Crippen LogP contribution in [0, 0.1) is 0 Å². The van der Waals surface area contributed by atoms with E-state index in [0.717, 1.165) is 39.0 Å². The highest BCUT2D eigenvalue weighted by Crippen LogP contribution is 2.49. The zero-order valence-electron chi connectivity index (χ0n) is 16.1. The summed E-state index contributed by atoms with van der Waals surface area (Å²) in [4.78, 5) is 1.96. The Morgan fingerprint density at radius 3 is 2.17 bits per heavy atom. The molecule has 1 unspecified atom stereocenters. The molecule has 1 aliphatic rings. The van der Waals surface area contributed by atoms with Crippen LogP contribution in [0.15, 0.2) is 54.6 Å². The molecule has 0 aromatic heterocycles. The van der Waals surface area contributed by atoms with Gasteiger partial charge in [0.25, 0.3) is 0 Å². The van der Waals surface area contributed by atoms with E-state index in [9.17, 15) is 5.11 Å². The Hall–Kier alpha value is -1.81. The topological polar surface area (TPSA) is 23.5 Å². The molecule has 0 aliphatic heterocycles. The fourth-order valence-electron chi connectivity index (χ4n) is 3.83. The average molecular weight is 445 g/mol. The lowest BCUT2D eigenvalue weighted by Gasteiger charge is -2.20. The van der Waals surface area contributed by atoms with Crippen molar-refractivity contribution in [1.82, 2.24) is 4.90 Å². The lowest BCUT2D eigenvalue weighted by molar-refractivity contribution is 0.139. The van der Waals surface area contributed by atoms with Crippen LogP contribution in [0.1, 0.15) is 28.4 Å². The highest BCUT2D eigenvalue weighted by atomic mass is 35.5. The van der Waals surface area contributed by atoms with Crippen LogP contribution in [0.25, 0.3) is 22.8 Å². The summed E-state index contributed by atoms with van der Waals surface area (Å²) in [5.74, 6) is 0. The third kappa shape index (κ3) is 4.09. The smallest absolute Gasteiger partial charge is 0.0923 e. The Morgan fingerprint density at radius 2 is 1.48 bits per heavy atom. The number of rotatable bonds is 4. The maximum atomic E-state index is 10.9. The Balaban J connectivity index is 1.96. The molecule has 3 aromatic rings. The quantitative estimate of drug-likeness (QED) is 0.373. The molecule has 1 aliphatic carbocycles. The highest BCUT2D eigenvalue weighted by Gasteiger charge is 2.29. The second kappa shape index (κ2) is 8.14. The van der Waals surface area contributed by atoms with Gasteiger partial charge < -0.3 is 10.0 Å². The molecule has 2 nitrogen and oxygen atoms in total. The first-order valence-corrected chi connectivity index (χ1v) is 10.4. The van der Waals surface area contributed by atoms with Gasteiger partial charge in [-0.3, -0.25) is 0 Å². The number of likely N-dealkylation sites (N-methyl/N-ethyl adjacent to an activating group) is 1. The summed E-state index contributed by atoms with van der Waals surface area (Å²) in [7, 11) is 3.88. The molecule has 0 fully saturated rings. The first-order valence-electron chi connectivity index (χ1n) is 9.27. The second-order valence-electron chi connectivity index (χ2n) is 7.50. The lowest BCUT2D eigenvalue weighted by Crippen LogP contribution is -2.20. The molecule has 4 rings (SSSR count). The minimum absolute atomic E-state index is 0.506. The summed E-state index contributed by atoms with van der Waals surface area (Å²) < 4.78 is 0. The van der Waals surface area contributed by atoms with Crippen molar-refractivity contribution < 1.29 is 5.11 Å². The average Bonchev–Trinajstić information content (AvgIpc) is 2.95.